The van der Waals surface area contributed by atoms with E-state index in [4.69, 9.17) is 0 Å². The highest BCUT2D eigenvalue weighted by Crippen LogP contribution is 2.30. The van der Waals surface area contributed by atoms with E-state index >= 15 is 0 Å². The van der Waals surface area contributed by atoms with Gasteiger partial charge < -0.3 is 5.11 Å². The molecule has 1 aromatic rings. The number of piperazine rings is 1. The van der Waals surface area contributed by atoms with Crippen LogP contribution in [0.5, 0.6) is 0 Å². The van der Waals surface area contributed by atoms with Crippen molar-refractivity contribution in [1.82, 2.24) is 9.80 Å². The molecule has 2 aliphatic rings. The molecule has 1 saturated heterocycles. The van der Waals surface area contributed by atoms with Crippen molar-refractivity contribution in [3.63, 3.8) is 0 Å². The lowest BCUT2D eigenvalue weighted by Gasteiger charge is -2.38. The molecule has 1 N–H and O–H groups in total. The Morgan fingerprint density at radius 2 is 1.95 bits per heavy atom. The number of hydrogen-bond acceptors (Lipinski definition) is 2. The number of hydrogen-bond donors (Lipinski definition) is 1. The Labute approximate surface area is 125 Å². The van der Waals surface area contributed by atoms with Crippen LogP contribution >= 0.6 is 0 Å². The van der Waals surface area contributed by atoms with Crippen LogP contribution in [-0.2, 0) is 6.54 Å². The van der Waals surface area contributed by atoms with Crippen molar-refractivity contribution in [1.29, 1.82) is 0 Å². The molecule has 0 unspecified atom stereocenters. The maximum absolute atomic E-state index is 11.4. The number of carboxylic acid groups (broad SMARTS) is 1. The van der Waals surface area contributed by atoms with E-state index in [1.807, 2.05) is 18.2 Å². The Morgan fingerprint density at radius 3 is 2.62 bits per heavy atom. The number of allylic oxidation sites excluding steroid dienone is 1. The Balaban J connectivity index is 1.64. The minimum Gasteiger partial charge on any atom is -0.465 e. The van der Waals surface area contributed by atoms with Crippen LogP contribution < -0.4 is 0 Å². The van der Waals surface area contributed by atoms with Gasteiger partial charge in [0.1, 0.15) is 0 Å². The largest absolute Gasteiger partial charge is 0.465 e. The standard InChI is InChI=1S/C17H22N2O2/c20-17(21)19-11-10-18(12-15-4-2-1-3-5-15)13-16(19)9-8-14-6-7-14/h1-5,8-9,14,16H,6-7,10-13H2,(H,20,21)/t16-/m1/s1. The van der Waals surface area contributed by atoms with Gasteiger partial charge in [0.05, 0.1) is 6.04 Å². The van der Waals surface area contributed by atoms with E-state index in [0.717, 1.165) is 19.6 Å². The first-order chi connectivity index (χ1) is 10.2. The molecule has 1 aliphatic heterocycles. The molecule has 4 nitrogen and oxygen atoms in total. The molecule has 1 atom stereocenters. The first kappa shape index (κ1) is 14.1. The summed E-state index contributed by atoms with van der Waals surface area (Å²) in [6.07, 6.45) is 6.00. The molecule has 3 rings (SSSR count). The Bertz CT molecular complexity index is 511. The van der Waals surface area contributed by atoms with Crippen LogP contribution in [0, 0.1) is 5.92 Å². The normalized spacial score (nSPS) is 23.6. The predicted molar refractivity (Wildman–Crippen MR) is 82.1 cm³/mol. The van der Waals surface area contributed by atoms with Crippen LogP contribution in [0.2, 0.25) is 0 Å². The van der Waals surface area contributed by atoms with E-state index in [2.05, 4.69) is 29.2 Å². The van der Waals surface area contributed by atoms with Gasteiger partial charge in [-0.25, -0.2) is 4.79 Å². The first-order valence-corrected chi connectivity index (χ1v) is 7.66. The molecule has 2 fully saturated rings. The van der Waals surface area contributed by atoms with Crippen LogP contribution in [0.15, 0.2) is 42.5 Å². The molecular formula is C17H22N2O2. The fourth-order valence-electron chi connectivity index (χ4n) is 2.83. The number of benzene rings is 1. The topological polar surface area (TPSA) is 43.8 Å². The third-order valence-electron chi connectivity index (χ3n) is 4.22. The van der Waals surface area contributed by atoms with E-state index in [9.17, 15) is 9.90 Å². The van der Waals surface area contributed by atoms with Crippen molar-refractivity contribution in [2.45, 2.75) is 25.4 Å². The average molecular weight is 286 g/mol. The fourth-order valence-corrected chi connectivity index (χ4v) is 2.83. The molecule has 112 valence electrons. The van der Waals surface area contributed by atoms with Gasteiger partial charge in [-0.05, 0) is 24.3 Å². The number of rotatable bonds is 4. The summed E-state index contributed by atoms with van der Waals surface area (Å²) in [5, 5.41) is 9.34. The maximum Gasteiger partial charge on any atom is 0.407 e. The third-order valence-corrected chi connectivity index (χ3v) is 4.22. The zero-order valence-corrected chi connectivity index (χ0v) is 12.2. The maximum atomic E-state index is 11.4. The van der Waals surface area contributed by atoms with Crippen LogP contribution in [-0.4, -0.2) is 46.7 Å². The zero-order chi connectivity index (χ0) is 14.7. The van der Waals surface area contributed by atoms with Crippen molar-refractivity contribution in [2.24, 2.45) is 5.92 Å². The van der Waals surface area contributed by atoms with E-state index in [-0.39, 0.29) is 6.04 Å². The molecule has 0 bridgehead atoms. The first-order valence-electron chi connectivity index (χ1n) is 7.66. The number of amides is 1. The molecule has 0 radical (unpaired) electrons. The van der Waals surface area contributed by atoms with Gasteiger partial charge in [-0.15, -0.1) is 0 Å². The SMILES string of the molecule is O=C(O)N1CCN(Cc2ccccc2)C[C@H]1C=CC1CC1. The summed E-state index contributed by atoms with van der Waals surface area (Å²) >= 11 is 0. The summed E-state index contributed by atoms with van der Waals surface area (Å²) in [5.74, 6) is 0.685. The van der Waals surface area contributed by atoms with Crippen LogP contribution in [0.4, 0.5) is 4.79 Å². The zero-order valence-electron chi connectivity index (χ0n) is 12.2. The highest BCUT2D eigenvalue weighted by molar-refractivity contribution is 5.66. The number of nitrogens with zero attached hydrogens (tertiary/aromatic N) is 2. The molecule has 4 heteroatoms. The van der Waals surface area contributed by atoms with Gasteiger partial charge >= 0.3 is 6.09 Å². The second-order valence-electron chi connectivity index (χ2n) is 5.99. The molecule has 1 heterocycles. The molecule has 0 spiro atoms. The predicted octanol–water partition coefficient (Wildman–Crippen LogP) is 2.82. The van der Waals surface area contributed by atoms with Gasteiger partial charge in [0, 0.05) is 26.2 Å². The van der Waals surface area contributed by atoms with Crippen LogP contribution in [0.25, 0.3) is 0 Å². The summed E-state index contributed by atoms with van der Waals surface area (Å²) in [4.78, 5) is 15.3. The molecule has 1 amide bonds. The van der Waals surface area contributed by atoms with E-state index in [1.165, 1.54) is 18.4 Å². The summed E-state index contributed by atoms with van der Waals surface area (Å²) in [7, 11) is 0. The van der Waals surface area contributed by atoms with Gasteiger partial charge in [-0.2, -0.15) is 0 Å². The van der Waals surface area contributed by atoms with Gasteiger partial charge in [-0.1, -0.05) is 42.5 Å². The van der Waals surface area contributed by atoms with Gasteiger partial charge in [0.15, 0.2) is 0 Å². The summed E-state index contributed by atoms with van der Waals surface area (Å²) in [6.45, 7) is 3.06. The monoisotopic (exact) mass is 286 g/mol. The summed E-state index contributed by atoms with van der Waals surface area (Å²) in [6, 6.07) is 10.4. The third kappa shape index (κ3) is 3.85. The second kappa shape index (κ2) is 6.31. The van der Waals surface area contributed by atoms with Crippen molar-refractivity contribution in [2.75, 3.05) is 19.6 Å². The Morgan fingerprint density at radius 1 is 1.19 bits per heavy atom. The minimum atomic E-state index is -0.806. The van der Waals surface area contributed by atoms with Crippen LogP contribution in [0.1, 0.15) is 18.4 Å². The lowest BCUT2D eigenvalue weighted by Crippen LogP contribution is -2.53. The lowest BCUT2D eigenvalue weighted by atomic mass is 10.1. The second-order valence-corrected chi connectivity index (χ2v) is 5.99. The lowest BCUT2D eigenvalue weighted by molar-refractivity contribution is 0.0803. The van der Waals surface area contributed by atoms with Crippen LogP contribution in [0.3, 0.4) is 0 Å². The number of carbonyl (C=O) groups is 1. The van der Waals surface area contributed by atoms with E-state index in [0.29, 0.717) is 12.5 Å². The van der Waals surface area contributed by atoms with E-state index in [1.54, 1.807) is 4.90 Å². The average Bonchev–Trinajstić information content (AvgIpc) is 3.30. The molecule has 1 saturated carbocycles. The summed E-state index contributed by atoms with van der Waals surface area (Å²) < 4.78 is 0. The van der Waals surface area contributed by atoms with Crippen molar-refractivity contribution < 1.29 is 9.90 Å². The Kier molecular flexibility index (Phi) is 4.25. The van der Waals surface area contributed by atoms with Gasteiger partial charge in [0.2, 0.25) is 0 Å². The highest BCUT2D eigenvalue weighted by Gasteiger charge is 2.29. The molecule has 1 aliphatic carbocycles. The fraction of sp³-hybridized carbons (Fsp3) is 0.471. The molecular weight excluding hydrogens is 264 g/mol. The van der Waals surface area contributed by atoms with Gasteiger partial charge in [-0.3, -0.25) is 9.80 Å². The van der Waals surface area contributed by atoms with Crippen molar-refractivity contribution in [3.05, 3.63) is 48.0 Å². The highest BCUT2D eigenvalue weighted by atomic mass is 16.4. The minimum absolute atomic E-state index is 0.0134. The Hall–Kier alpha value is -1.81. The van der Waals surface area contributed by atoms with E-state index < -0.39 is 6.09 Å². The molecule has 21 heavy (non-hydrogen) atoms. The molecule has 0 aromatic heterocycles. The molecule has 1 aromatic carbocycles. The van der Waals surface area contributed by atoms with Crippen molar-refractivity contribution >= 4 is 6.09 Å². The smallest absolute Gasteiger partial charge is 0.407 e. The summed E-state index contributed by atoms with van der Waals surface area (Å²) in [5.41, 5.74) is 1.28. The van der Waals surface area contributed by atoms with Gasteiger partial charge in [0.25, 0.3) is 0 Å². The quantitative estimate of drug-likeness (QED) is 0.866. The van der Waals surface area contributed by atoms with Crippen molar-refractivity contribution in [3.8, 4) is 0 Å².